The summed E-state index contributed by atoms with van der Waals surface area (Å²) in [6.07, 6.45) is 0. The summed E-state index contributed by atoms with van der Waals surface area (Å²) < 4.78 is 10.5. The standard InChI is InChI=1S/C15H14ClO3P.Li.H/c1-18-12-9-8-11(16)14(19-2)13(12)15(17)20-10-6-4-3-5-7-10;;/h3-9,20H,1-2H3;;. The molecule has 2 aromatic carbocycles. The summed E-state index contributed by atoms with van der Waals surface area (Å²) >= 11 is 6.08. The van der Waals surface area contributed by atoms with E-state index in [4.69, 9.17) is 21.1 Å². The fraction of sp³-hybridized carbons (Fsp3) is 0.133. The molecule has 0 amide bonds. The van der Waals surface area contributed by atoms with Crippen LogP contribution in [0.2, 0.25) is 5.02 Å². The second-order valence-electron chi connectivity index (χ2n) is 3.98. The predicted octanol–water partition coefficient (Wildman–Crippen LogP) is 2.85. The number of carbonyl (C=O) groups excluding carboxylic acids is 1. The first-order valence-electron chi connectivity index (χ1n) is 5.94. The number of benzene rings is 2. The Balaban J connectivity index is 0.00000220. The van der Waals surface area contributed by atoms with Crippen LogP contribution in [0.1, 0.15) is 10.4 Å². The SMILES string of the molecule is COc1ccc(Cl)c(OC)c1C(=O)Pc1ccccc1.[LiH]. The van der Waals surface area contributed by atoms with E-state index < -0.39 is 0 Å². The predicted molar refractivity (Wildman–Crippen MR) is 90.4 cm³/mol. The van der Waals surface area contributed by atoms with Crippen LogP contribution < -0.4 is 14.8 Å². The molecule has 6 heteroatoms. The molecule has 0 saturated carbocycles. The number of ether oxygens (including phenoxy) is 2. The molecule has 1 unspecified atom stereocenters. The van der Waals surface area contributed by atoms with Crippen molar-refractivity contribution in [3.05, 3.63) is 53.1 Å². The van der Waals surface area contributed by atoms with Crippen molar-refractivity contribution >= 4 is 49.9 Å². The van der Waals surface area contributed by atoms with E-state index >= 15 is 0 Å². The molecule has 1 atom stereocenters. The summed E-state index contributed by atoms with van der Waals surface area (Å²) in [6.45, 7) is 0. The van der Waals surface area contributed by atoms with Gasteiger partial charge in [0, 0.05) is 0 Å². The van der Waals surface area contributed by atoms with Gasteiger partial charge < -0.3 is 9.47 Å². The third kappa shape index (κ3) is 4.25. The summed E-state index contributed by atoms with van der Waals surface area (Å²) in [6, 6.07) is 12.9. The topological polar surface area (TPSA) is 35.5 Å². The van der Waals surface area contributed by atoms with E-state index in [1.165, 1.54) is 14.2 Å². The summed E-state index contributed by atoms with van der Waals surface area (Å²) in [5.74, 6) is 0.833. The minimum absolute atomic E-state index is 0. The molecule has 2 rings (SSSR count). The Bertz CT molecular complexity index is 620. The normalized spacial score (nSPS) is 10.2. The van der Waals surface area contributed by atoms with Crippen molar-refractivity contribution in [2.75, 3.05) is 14.2 Å². The van der Waals surface area contributed by atoms with Crippen LogP contribution in [0.15, 0.2) is 42.5 Å². The van der Waals surface area contributed by atoms with Crippen LogP contribution in [-0.4, -0.2) is 38.6 Å². The van der Waals surface area contributed by atoms with Gasteiger partial charge in [-0.1, -0.05) is 41.9 Å². The van der Waals surface area contributed by atoms with Crippen molar-refractivity contribution in [1.82, 2.24) is 0 Å². The van der Waals surface area contributed by atoms with E-state index in [0.29, 0.717) is 22.1 Å². The molecular formula is C15H15ClLiO3P. The van der Waals surface area contributed by atoms with E-state index in [2.05, 4.69) is 0 Å². The van der Waals surface area contributed by atoms with Gasteiger partial charge in [0.2, 0.25) is 0 Å². The van der Waals surface area contributed by atoms with Gasteiger partial charge >= 0.3 is 18.9 Å². The van der Waals surface area contributed by atoms with Crippen LogP contribution in [0.3, 0.4) is 0 Å². The Morgan fingerprint density at radius 1 is 1.05 bits per heavy atom. The van der Waals surface area contributed by atoms with Gasteiger partial charge in [-0.2, -0.15) is 0 Å². The molecule has 0 N–H and O–H groups in total. The van der Waals surface area contributed by atoms with E-state index in [9.17, 15) is 4.79 Å². The van der Waals surface area contributed by atoms with Gasteiger partial charge in [0.05, 0.1) is 19.2 Å². The van der Waals surface area contributed by atoms with Crippen molar-refractivity contribution < 1.29 is 14.3 Å². The van der Waals surface area contributed by atoms with Crippen molar-refractivity contribution in [3.63, 3.8) is 0 Å². The molecule has 21 heavy (non-hydrogen) atoms. The maximum absolute atomic E-state index is 12.5. The zero-order valence-corrected chi connectivity index (χ0v) is 12.9. The molecule has 0 fully saturated rings. The van der Waals surface area contributed by atoms with Crippen LogP contribution in [0, 0.1) is 0 Å². The molecule has 0 aromatic heterocycles. The summed E-state index contributed by atoms with van der Waals surface area (Å²) in [5, 5.41) is 1.36. The second-order valence-corrected chi connectivity index (χ2v) is 5.67. The number of rotatable bonds is 5. The zero-order chi connectivity index (χ0) is 14.5. The maximum atomic E-state index is 12.5. The third-order valence-corrected chi connectivity index (χ3v) is 4.15. The quantitative estimate of drug-likeness (QED) is 0.628. The zero-order valence-electron chi connectivity index (χ0n) is 11.1. The van der Waals surface area contributed by atoms with Gasteiger partial charge in [0.15, 0.2) is 11.3 Å². The summed E-state index contributed by atoms with van der Waals surface area (Å²) in [4.78, 5) is 12.5. The average molecular weight is 317 g/mol. The molecule has 2 aromatic rings. The van der Waals surface area contributed by atoms with Crippen molar-refractivity contribution in [1.29, 1.82) is 0 Å². The molecule has 0 heterocycles. The van der Waals surface area contributed by atoms with Gasteiger partial charge in [0.1, 0.15) is 11.3 Å². The average Bonchev–Trinajstić information content (AvgIpc) is 2.47. The van der Waals surface area contributed by atoms with Gasteiger partial charge in [0.25, 0.3) is 0 Å². The first-order valence-corrected chi connectivity index (χ1v) is 7.32. The van der Waals surface area contributed by atoms with Crippen LogP contribution in [-0.2, 0) is 0 Å². The second kappa shape index (κ2) is 8.47. The molecule has 0 aliphatic carbocycles. The van der Waals surface area contributed by atoms with Gasteiger partial charge in [-0.25, -0.2) is 0 Å². The monoisotopic (exact) mass is 316 g/mol. The fourth-order valence-corrected chi connectivity index (χ4v) is 3.06. The molecule has 0 bridgehead atoms. The van der Waals surface area contributed by atoms with Crippen LogP contribution in [0.5, 0.6) is 11.5 Å². The Morgan fingerprint density at radius 2 is 1.71 bits per heavy atom. The number of carbonyl (C=O) groups is 1. The summed E-state index contributed by atoms with van der Waals surface area (Å²) in [5.41, 5.74) is 0.331. The molecule has 0 radical (unpaired) electrons. The van der Waals surface area contributed by atoms with Gasteiger partial charge in [-0.15, -0.1) is 0 Å². The van der Waals surface area contributed by atoms with Crippen molar-refractivity contribution in [3.8, 4) is 11.5 Å². The Hall–Kier alpha value is -0.973. The molecule has 0 saturated heterocycles. The first-order chi connectivity index (χ1) is 9.67. The van der Waals surface area contributed by atoms with Crippen LogP contribution in [0.25, 0.3) is 0 Å². The first kappa shape index (κ1) is 18.1. The van der Waals surface area contributed by atoms with Crippen molar-refractivity contribution in [2.45, 2.75) is 0 Å². The molecule has 3 nitrogen and oxygen atoms in total. The minimum atomic E-state index is -0.0626. The van der Waals surface area contributed by atoms with Crippen LogP contribution in [0.4, 0.5) is 0 Å². The Morgan fingerprint density at radius 3 is 2.29 bits per heavy atom. The Kier molecular flexibility index (Phi) is 7.29. The number of methoxy groups -OCH3 is 2. The summed E-state index contributed by atoms with van der Waals surface area (Å²) in [7, 11) is 3.00. The molecule has 0 aliphatic rings. The molecule has 0 aliphatic heterocycles. The number of hydrogen-bond donors (Lipinski definition) is 0. The van der Waals surface area contributed by atoms with Crippen LogP contribution >= 0.6 is 20.2 Å². The van der Waals surface area contributed by atoms with Crippen molar-refractivity contribution in [2.24, 2.45) is 0 Å². The van der Waals surface area contributed by atoms with Gasteiger partial charge in [-0.3, -0.25) is 4.79 Å². The third-order valence-electron chi connectivity index (χ3n) is 2.75. The van der Waals surface area contributed by atoms with E-state index in [-0.39, 0.29) is 33.0 Å². The fourth-order valence-electron chi connectivity index (χ4n) is 1.84. The molecular weight excluding hydrogens is 302 g/mol. The van der Waals surface area contributed by atoms with Gasteiger partial charge in [-0.05, 0) is 26.0 Å². The Labute approximate surface area is 142 Å². The molecule has 0 spiro atoms. The van der Waals surface area contributed by atoms with E-state index in [0.717, 1.165) is 5.30 Å². The number of halogens is 1. The van der Waals surface area contributed by atoms with E-state index in [1.807, 2.05) is 30.3 Å². The van der Waals surface area contributed by atoms with E-state index in [1.54, 1.807) is 12.1 Å². The molecule has 106 valence electrons. The number of hydrogen-bond acceptors (Lipinski definition) is 3.